The summed E-state index contributed by atoms with van der Waals surface area (Å²) in [6, 6.07) is 5.15. The number of aryl methyl sites for hydroxylation is 1. The van der Waals surface area contributed by atoms with Crippen molar-refractivity contribution < 1.29 is 9.50 Å². The molecule has 124 valence electrons. The number of likely N-dealkylation sites (tertiary alicyclic amines) is 1. The molecule has 1 N–H and O–H groups in total. The van der Waals surface area contributed by atoms with Gasteiger partial charge in [0.15, 0.2) is 0 Å². The molecule has 1 aromatic rings. The van der Waals surface area contributed by atoms with E-state index in [0.29, 0.717) is 12.6 Å². The van der Waals surface area contributed by atoms with Gasteiger partial charge in [-0.1, -0.05) is 13.0 Å². The van der Waals surface area contributed by atoms with Crippen LogP contribution in [0.5, 0.6) is 0 Å². The molecule has 1 fully saturated rings. The number of piperidine rings is 1. The summed E-state index contributed by atoms with van der Waals surface area (Å²) in [7, 11) is 2.09. The Balaban J connectivity index is 1.87. The van der Waals surface area contributed by atoms with Crippen LogP contribution in [-0.4, -0.2) is 54.2 Å². The van der Waals surface area contributed by atoms with Crippen LogP contribution in [0.3, 0.4) is 0 Å². The Morgan fingerprint density at radius 2 is 2.05 bits per heavy atom. The lowest BCUT2D eigenvalue weighted by Crippen LogP contribution is -2.44. The molecule has 4 heteroatoms. The van der Waals surface area contributed by atoms with Gasteiger partial charge in [0.25, 0.3) is 0 Å². The van der Waals surface area contributed by atoms with Gasteiger partial charge in [-0.25, -0.2) is 4.39 Å². The minimum absolute atomic E-state index is 0.245. The average Bonchev–Trinajstić information content (AvgIpc) is 2.48. The number of benzene rings is 1. The first-order valence-corrected chi connectivity index (χ1v) is 8.38. The third kappa shape index (κ3) is 4.51. The topological polar surface area (TPSA) is 26.7 Å². The molecule has 1 saturated heterocycles. The Morgan fingerprint density at radius 3 is 2.64 bits per heavy atom. The van der Waals surface area contributed by atoms with Crippen molar-refractivity contribution in [3.05, 3.63) is 35.1 Å². The van der Waals surface area contributed by atoms with E-state index in [9.17, 15) is 9.50 Å². The van der Waals surface area contributed by atoms with Crippen LogP contribution < -0.4 is 0 Å². The second kappa shape index (κ2) is 8.04. The van der Waals surface area contributed by atoms with Crippen molar-refractivity contribution in [3.63, 3.8) is 0 Å². The molecule has 0 bridgehead atoms. The monoisotopic (exact) mass is 308 g/mol. The fraction of sp³-hybridized carbons (Fsp3) is 0.667. The van der Waals surface area contributed by atoms with Gasteiger partial charge in [0.2, 0.25) is 0 Å². The molecule has 0 amide bonds. The lowest BCUT2D eigenvalue weighted by atomic mass is 10.00. The molecule has 2 rings (SSSR count). The summed E-state index contributed by atoms with van der Waals surface area (Å²) in [5, 5.41) is 10.5. The second-order valence-electron chi connectivity index (χ2n) is 6.53. The summed E-state index contributed by atoms with van der Waals surface area (Å²) >= 11 is 0. The Bertz CT molecular complexity index is 472. The Morgan fingerprint density at radius 1 is 1.36 bits per heavy atom. The number of likely N-dealkylation sites (N-methyl/N-ethyl adjacent to an activating group) is 1. The molecule has 1 aromatic carbocycles. The molecule has 0 aliphatic carbocycles. The summed E-state index contributed by atoms with van der Waals surface area (Å²) in [6.45, 7) is 8.16. The minimum Gasteiger partial charge on any atom is -0.387 e. The van der Waals surface area contributed by atoms with Crippen LogP contribution in [0.1, 0.15) is 43.4 Å². The number of hydrogen-bond acceptors (Lipinski definition) is 3. The molecular weight excluding hydrogens is 279 g/mol. The van der Waals surface area contributed by atoms with Gasteiger partial charge in [0.05, 0.1) is 6.10 Å². The van der Waals surface area contributed by atoms with Crippen LogP contribution in [0.4, 0.5) is 4.39 Å². The smallest absolute Gasteiger partial charge is 0.123 e. The molecule has 0 radical (unpaired) electrons. The predicted molar refractivity (Wildman–Crippen MR) is 88.5 cm³/mol. The zero-order chi connectivity index (χ0) is 16.1. The van der Waals surface area contributed by atoms with E-state index in [2.05, 4.69) is 23.8 Å². The molecule has 1 atom stereocenters. The lowest BCUT2D eigenvalue weighted by Gasteiger charge is -2.37. The van der Waals surface area contributed by atoms with Crippen LogP contribution in [0.15, 0.2) is 18.2 Å². The summed E-state index contributed by atoms with van der Waals surface area (Å²) in [6.07, 6.45) is 2.97. The SMILES string of the molecule is CCCN1CCC(N(C)CC(O)c2ccc(F)cc2C)CC1. The van der Waals surface area contributed by atoms with Crippen molar-refractivity contribution in [1.29, 1.82) is 0 Å². The van der Waals surface area contributed by atoms with Gasteiger partial charge < -0.3 is 14.9 Å². The predicted octanol–water partition coefficient (Wildman–Crippen LogP) is 2.97. The Labute approximate surface area is 133 Å². The van der Waals surface area contributed by atoms with E-state index in [4.69, 9.17) is 0 Å². The van der Waals surface area contributed by atoms with Crippen LogP contribution in [-0.2, 0) is 0 Å². The molecule has 0 aromatic heterocycles. The number of hydrogen-bond donors (Lipinski definition) is 1. The standard InChI is InChI=1S/C18H29FN2O/c1-4-9-21-10-7-16(8-11-21)20(3)13-18(22)17-6-5-15(19)12-14(17)2/h5-6,12,16,18,22H,4,7-11,13H2,1-3H3. The van der Waals surface area contributed by atoms with Crippen molar-refractivity contribution >= 4 is 0 Å². The van der Waals surface area contributed by atoms with Gasteiger partial charge in [-0.2, -0.15) is 0 Å². The van der Waals surface area contributed by atoms with Gasteiger partial charge in [0, 0.05) is 12.6 Å². The van der Waals surface area contributed by atoms with Crippen LogP contribution in [0.2, 0.25) is 0 Å². The maximum Gasteiger partial charge on any atom is 0.123 e. The van der Waals surface area contributed by atoms with Crippen molar-refractivity contribution in [2.45, 2.75) is 45.3 Å². The van der Waals surface area contributed by atoms with Crippen molar-refractivity contribution in [3.8, 4) is 0 Å². The molecule has 0 spiro atoms. The number of aliphatic hydroxyl groups is 1. The highest BCUT2D eigenvalue weighted by molar-refractivity contribution is 5.28. The van der Waals surface area contributed by atoms with E-state index < -0.39 is 6.10 Å². The van der Waals surface area contributed by atoms with Gasteiger partial charge in [-0.15, -0.1) is 0 Å². The fourth-order valence-corrected chi connectivity index (χ4v) is 3.43. The van der Waals surface area contributed by atoms with E-state index >= 15 is 0 Å². The maximum atomic E-state index is 13.2. The van der Waals surface area contributed by atoms with Crippen LogP contribution in [0.25, 0.3) is 0 Å². The van der Waals surface area contributed by atoms with E-state index in [-0.39, 0.29) is 5.82 Å². The maximum absolute atomic E-state index is 13.2. The highest BCUT2D eigenvalue weighted by Crippen LogP contribution is 2.22. The van der Waals surface area contributed by atoms with Gasteiger partial charge >= 0.3 is 0 Å². The van der Waals surface area contributed by atoms with Gasteiger partial charge in [0.1, 0.15) is 5.82 Å². The molecular formula is C18H29FN2O. The first-order valence-electron chi connectivity index (χ1n) is 8.38. The minimum atomic E-state index is -0.556. The zero-order valence-corrected chi connectivity index (χ0v) is 14.1. The Kier molecular flexibility index (Phi) is 6.36. The molecule has 3 nitrogen and oxygen atoms in total. The van der Waals surface area contributed by atoms with E-state index in [1.165, 1.54) is 25.1 Å². The van der Waals surface area contributed by atoms with Crippen molar-refractivity contribution in [1.82, 2.24) is 9.80 Å². The number of halogens is 1. The molecule has 22 heavy (non-hydrogen) atoms. The highest BCUT2D eigenvalue weighted by Gasteiger charge is 2.24. The first kappa shape index (κ1) is 17.4. The third-order valence-electron chi connectivity index (χ3n) is 4.77. The quantitative estimate of drug-likeness (QED) is 0.875. The van der Waals surface area contributed by atoms with E-state index in [1.807, 2.05) is 6.92 Å². The molecule has 1 unspecified atom stereocenters. The molecule has 1 aliphatic rings. The first-order chi connectivity index (χ1) is 10.5. The van der Waals surface area contributed by atoms with Crippen molar-refractivity contribution in [2.24, 2.45) is 0 Å². The normalized spacial score (nSPS) is 18.8. The largest absolute Gasteiger partial charge is 0.387 e. The van der Waals surface area contributed by atoms with Gasteiger partial charge in [-0.05, 0) is 76.1 Å². The molecule has 1 aliphatic heterocycles. The summed E-state index contributed by atoms with van der Waals surface area (Å²) in [5.41, 5.74) is 1.65. The van der Waals surface area contributed by atoms with Crippen LogP contribution >= 0.6 is 0 Å². The number of rotatable bonds is 6. The summed E-state index contributed by atoms with van der Waals surface area (Å²) < 4.78 is 13.2. The van der Waals surface area contributed by atoms with E-state index in [0.717, 1.165) is 37.1 Å². The summed E-state index contributed by atoms with van der Waals surface area (Å²) in [4.78, 5) is 4.78. The number of nitrogens with zero attached hydrogens (tertiary/aromatic N) is 2. The number of aliphatic hydroxyl groups excluding tert-OH is 1. The van der Waals surface area contributed by atoms with E-state index in [1.54, 1.807) is 6.07 Å². The molecule has 0 saturated carbocycles. The Hall–Kier alpha value is -0.970. The average molecular weight is 308 g/mol. The lowest BCUT2D eigenvalue weighted by molar-refractivity contribution is 0.0733. The zero-order valence-electron chi connectivity index (χ0n) is 14.1. The summed E-state index contributed by atoms with van der Waals surface area (Å²) in [5.74, 6) is -0.245. The van der Waals surface area contributed by atoms with Gasteiger partial charge in [-0.3, -0.25) is 0 Å². The highest BCUT2D eigenvalue weighted by atomic mass is 19.1. The van der Waals surface area contributed by atoms with Crippen molar-refractivity contribution in [2.75, 3.05) is 33.2 Å². The fourth-order valence-electron chi connectivity index (χ4n) is 3.43. The second-order valence-corrected chi connectivity index (χ2v) is 6.53. The third-order valence-corrected chi connectivity index (χ3v) is 4.77. The molecule has 1 heterocycles. The van der Waals surface area contributed by atoms with Crippen LogP contribution in [0, 0.1) is 12.7 Å².